The minimum atomic E-state index is -0.321. The topological polar surface area (TPSA) is 82.2 Å². The first-order valence-electron chi connectivity index (χ1n) is 12.3. The molecule has 0 aromatic heterocycles. The lowest BCUT2D eigenvalue weighted by Gasteiger charge is -2.45. The van der Waals surface area contributed by atoms with Gasteiger partial charge in [0.25, 0.3) is 5.91 Å². The lowest BCUT2D eigenvalue weighted by Crippen LogP contribution is -2.56. The van der Waals surface area contributed by atoms with Crippen LogP contribution in [0, 0.1) is 6.92 Å². The van der Waals surface area contributed by atoms with Gasteiger partial charge in [0.15, 0.2) is 0 Å². The van der Waals surface area contributed by atoms with E-state index >= 15 is 0 Å². The van der Waals surface area contributed by atoms with Crippen molar-refractivity contribution < 1.29 is 19.1 Å². The molecule has 0 aliphatic carbocycles. The molecule has 4 rings (SSSR count). The van der Waals surface area contributed by atoms with Gasteiger partial charge < -0.3 is 19.9 Å². The average Bonchev–Trinajstić information content (AvgIpc) is 2.87. The van der Waals surface area contributed by atoms with E-state index in [9.17, 15) is 14.4 Å². The summed E-state index contributed by atoms with van der Waals surface area (Å²) in [4.78, 5) is 45.2. The molecule has 8 nitrogen and oxygen atoms in total. The zero-order valence-electron chi connectivity index (χ0n) is 21.0. The van der Waals surface area contributed by atoms with Gasteiger partial charge in [0.2, 0.25) is 11.8 Å². The minimum absolute atomic E-state index is 0.0834. The molecule has 0 radical (unpaired) electrons. The molecular formula is C27H34N4O4. The molecule has 2 aliphatic rings. The number of fused-ring (bicyclic) bond motifs is 3. The number of methoxy groups -OCH3 is 1. The van der Waals surface area contributed by atoms with Crippen LogP contribution < -0.4 is 19.9 Å². The fourth-order valence-electron chi connectivity index (χ4n) is 5.00. The Bertz CT molecular complexity index is 1130. The molecule has 2 aliphatic heterocycles. The molecule has 2 aromatic rings. The number of nitrogens with zero attached hydrogens (tertiary/aromatic N) is 3. The molecule has 0 unspecified atom stereocenters. The molecule has 35 heavy (non-hydrogen) atoms. The molecular weight excluding hydrogens is 444 g/mol. The summed E-state index contributed by atoms with van der Waals surface area (Å²) >= 11 is 0. The molecule has 1 N–H and O–H groups in total. The van der Waals surface area contributed by atoms with Crippen LogP contribution in [-0.2, 0) is 9.59 Å². The Morgan fingerprint density at radius 2 is 1.86 bits per heavy atom. The maximum Gasteiger partial charge on any atom is 0.253 e. The summed E-state index contributed by atoms with van der Waals surface area (Å²) < 4.78 is 5.38. The number of amides is 3. The van der Waals surface area contributed by atoms with E-state index in [0.717, 1.165) is 37.1 Å². The first-order chi connectivity index (χ1) is 16.9. The highest BCUT2D eigenvalue weighted by molar-refractivity contribution is 6.11. The lowest BCUT2D eigenvalue weighted by atomic mass is 9.95. The molecule has 1 fully saturated rings. The van der Waals surface area contributed by atoms with Crippen molar-refractivity contribution in [1.82, 2.24) is 4.90 Å². The van der Waals surface area contributed by atoms with Gasteiger partial charge in [0.1, 0.15) is 18.3 Å². The molecule has 2 heterocycles. The number of rotatable bonds is 7. The summed E-state index contributed by atoms with van der Waals surface area (Å²) in [6.45, 7) is 7.67. The second-order valence-corrected chi connectivity index (χ2v) is 9.06. The highest BCUT2D eigenvalue weighted by atomic mass is 16.5. The van der Waals surface area contributed by atoms with Gasteiger partial charge in [-0.15, -0.1) is 0 Å². The minimum Gasteiger partial charge on any atom is -0.495 e. The Labute approximate surface area is 206 Å². The fraction of sp³-hybridized carbons (Fsp3) is 0.444. The van der Waals surface area contributed by atoms with Crippen LogP contribution in [0.4, 0.5) is 17.1 Å². The Hall–Kier alpha value is -3.55. The molecule has 1 saturated heterocycles. The normalized spacial score (nSPS) is 16.9. The van der Waals surface area contributed by atoms with Crippen molar-refractivity contribution in [3.8, 4) is 5.75 Å². The molecule has 0 saturated carbocycles. The number of carbonyl (C=O) groups is 3. The Morgan fingerprint density at radius 3 is 2.57 bits per heavy atom. The predicted octanol–water partition coefficient (Wildman–Crippen LogP) is 3.83. The number of anilines is 3. The zero-order valence-corrected chi connectivity index (χ0v) is 21.0. The number of aryl methyl sites for hydroxylation is 1. The zero-order chi connectivity index (χ0) is 25.1. The van der Waals surface area contributed by atoms with Crippen molar-refractivity contribution in [2.24, 2.45) is 0 Å². The number of ether oxygens (including phenoxy) is 1. The number of nitrogens with one attached hydrogen (secondary N) is 1. The lowest BCUT2D eigenvalue weighted by molar-refractivity contribution is -0.123. The van der Waals surface area contributed by atoms with Crippen molar-refractivity contribution in [3.05, 3.63) is 47.5 Å². The Morgan fingerprint density at radius 1 is 1.09 bits per heavy atom. The molecule has 0 bridgehead atoms. The molecule has 8 heteroatoms. The van der Waals surface area contributed by atoms with Crippen LogP contribution in [0.1, 0.15) is 49.0 Å². The SMILES string of the molecule is CCN(CC)C(=O)c1ccc2c(c1)N(CC(=O)Nc1cc(C)ccc1OC)C(=O)[C@H]1CCCCN21. The third-order valence-electron chi connectivity index (χ3n) is 6.86. The van der Waals surface area contributed by atoms with E-state index in [2.05, 4.69) is 10.2 Å². The average molecular weight is 479 g/mol. The van der Waals surface area contributed by atoms with Crippen LogP contribution in [0.25, 0.3) is 0 Å². The molecule has 186 valence electrons. The first-order valence-corrected chi connectivity index (χ1v) is 12.3. The number of hydrogen-bond acceptors (Lipinski definition) is 5. The summed E-state index contributed by atoms with van der Waals surface area (Å²) in [6.07, 6.45) is 2.74. The quantitative estimate of drug-likeness (QED) is 0.654. The van der Waals surface area contributed by atoms with Crippen LogP contribution >= 0.6 is 0 Å². The van der Waals surface area contributed by atoms with E-state index < -0.39 is 0 Å². The van der Waals surface area contributed by atoms with E-state index in [-0.39, 0.29) is 30.3 Å². The number of carbonyl (C=O) groups excluding carboxylic acids is 3. The smallest absolute Gasteiger partial charge is 0.253 e. The van der Waals surface area contributed by atoms with Gasteiger partial charge >= 0.3 is 0 Å². The second-order valence-electron chi connectivity index (χ2n) is 9.06. The van der Waals surface area contributed by atoms with Gasteiger partial charge in [-0.2, -0.15) is 0 Å². The van der Waals surface area contributed by atoms with Crippen molar-refractivity contribution in [2.45, 2.75) is 46.1 Å². The Balaban J connectivity index is 1.67. The summed E-state index contributed by atoms with van der Waals surface area (Å²) in [6, 6.07) is 10.8. The van der Waals surface area contributed by atoms with E-state index in [1.807, 2.05) is 45.0 Å². The van der Waals surface area contributed by atoms with Crippen molar-refractivity contribution in [2.75, 3.05) is 48.4 Å². The predicted molar refractivity (Wildman–Crippen MR) is 137 cm³/mol. The van der Waals surface area contributed by atoms with E-state index in [1.165, 1.54) is 0 Å². The van der Waals surface area contributed by atoms with Crippen LogP contribution in [-0.4, -0.2) is 62.0 Å². The van der Waals surface area contributed by atoms with Gasteiger partial charge in [-0.3, -0.25) is 19.3 Å². The van der Waals surface area contributed by atoms with Crippen molar-refractivity contribution >= 4 is 34.8 Å². The maximum absolute atomic E-state index is 13.6. The number of hydrogen-bond donors (Lipinski definition) is 1. The monoisotopic (exact) mass is 478 g/mol. The van der Waals surface area contributed by atoms with Crippen LogP contribution in [0.5, 0.6) is 5.75 Å². The van der Waals surface area contributed by atoms with Gasteiger partial charge in [0, 0.05) is 25.2 Å². The van der Waals surface area contributed by atoms with Crippen molar-refractivity contribution in [3.63, 3.8) is 0 Å². The van der Waals surface area contributed by atoms with Crippen LogP contribution in [0.2, 0.25) is 0 Å². The summed E-state index contributed by atoms with van der Waals surface area (Å²) in [5.74, 6) is 0.0497. The van der Waals surface area contributed by atoms with E-state index in [4.69, 9.17) is 4.74 Å². The molecule has 0 spiro atoms. The molecule has 3 amide bonds. The third kappa shape index (κ3) is 4.83. The van der Waals surface area contributed by atoms with Crippen LogP contribution in [0.3, 0.4) is 0 Å². The van der Waals surface area contributed by atoms with Crippen LogP contribution in [0.15, 0.2) is 36.4 Å². The van der Waals surface area contributed by atoms with Gasteiger partial charge in [0.05, 0.1) is 24.2 Å². The second kappa shape index (κ2) is 10.4. The third-order valence-corrected chi connectivity index (χ3v) is 6.86. The number of benzene rings is 2. The summed E-state index contributed by atoms with van der Waals surface area (Å²) in [7, 11) is 1.55. The largest absolute Gasteiger partial charge is 0.495 e. The summed E-state index contributed by atoms with van der Waals surface area (Å²) in [5.41, 5.74) is 3.56. The van der Waals surface area contributed by atoms with Crippen molar-refractivity contribution in [1.29, 1.82) is 0 Å². The maximum atomic E-state index is 13.6. The van der Waals surface area contributed by atoms with Gasteiger partial charge in [-0.05, 0) is 75.9 Å². The highest BCUT2D eigenvalue weighted by Crippen LogP contribution is 2.40. The first kappa shape index (κ1) is 24.6. The summed E-state index contributed by atoms with van der Waals surface area (Å²) in [5, 5.41) is 2.90. The molecule has 2 aromatic carbocycles. The van der Waals surface area contributed by atoms with Gasteiger partial charge in [-0.25, -0.2) is 0 Å². The number of piperidine rings is 1. The van der Waals surface area contributed by atoms with Gasteiger partial charge in [-0.1, -0.05) is 6.07 Å². The standard InChI is InChI=1S/C27H34N4O4/c1-5-29(6-2)26(33)19-11-12-21-23(16-19)31(27(34)22-9-7-8-14-30(21)22)17-25(32)28-20-15-18(3)10-13-24(20)35-4/h10-13,15-16,22H,5-9,14,17H2,1-4H3,(H,28,32)/t22-/m1/s1. The fourth-order valence-corrected chi connectivity index (χ4v) is 5.00. The van der Waals surface area contributed by atoms with E-state index in [1.54, 1.807) is 29.0 Å². The Kier molecular flexibility index (Phi) is 7.28. The highest BCUT2D eigenvalue weighted by Gasteiger charge is 2.40. The van der Waals surface area contributed by atoms with E-state index in [0.29, 0.717) is 35.8 Å². The molecule has 1 atom stereocenters.